The summed E-state index contributed by atoms with van der Waals surface area (Å²) in [5.74, 6) is 2.46. The van der Waals surface area contributed by atoms with Gasteiger partial charge in [0.25, 0.3) is 0 Å². The zero-order chi connectivity index (χ0) is 20.6. The first-order valence-electron chi connectivity index (χ1n) is 9.12. The average molecular weight is 413 g/mol. The zero-order valence-corrected chi connectivity index (χ0v) is 17.4. The van der Waals surface area contributed by atoms with E-state index in [-0.39, 0.29) is 5.91 Å². The van der Waals surface area contributed by atoms with Crippen LogP contribution in [0, 0.1) is 0 Å². The molecule has 1 amide bonds. The minimum absolute atomic E-state index is 0.0175. The van der Waals surface area contributed by atoms with E-state index in [1.807, 2.05) is 43.3 Å². The third-order valence-corrected chi connectivity index (χ3v) is 5.14. The lowest BCUT2D eigenvalue weighted by atomic mass is 10.2. The zero-order valence-electron chi connectivity index (χ0n) is 16.6. The molecule has 7 nitrogen and oxygen atoms in total. The van der Waals surface area contributed by atoms with Gasteiger partial charge in [0.05, 0.1) is 39.3 Å². The number of hydrogen-bond acceptors (Lipinski definition) is 7. The van der Waals surface area contributed by atoms with E-state index in [4.69, 9.17) is 14.2 Å². The molecule has 29 heavy (non-hydrogen) atoms. The summed E-state index contributed by atoms with van der Waals surface area (Å²) in [6.45, 7) is 3.01. The van der Waals surface area contributed by atoms with E-state index in [0.29, 0.717) is 35.6 Å². The van der Waals surface area contributed by atoms with Crippen molar-refractivity contribution in [3.63, 3.8) is 0 Å². The number of rotatable bonds is 8. The Kier molecular flexibility index (Phi) is 7.13. The Morgan fingerprint density at radius 1 is 1.10 bits per heavy atom. The van der Waals surface area contributed by atoms with E-state index >= 15 is 0 Å². The summed E-state index contributed by atoms with van der Waals surface area (Å²) >= 11 is 1.38. The van der Waals surface area contributed by atoms with E-state index in [9.17, 15) is 4.79 Å². The van der Waals surface area contributed by atoms with Crippen LogP contribution in [0.1, 0.15) is 18.1 Å². The molecule has 0 spiro atoms. The van der Waals surface area contributed by atoms with Crippen LogP contribution >= 0.6 is 11.8 Å². The summed E-state index contributed by atoms with van der Waals surface area (Å²) in [5.41, 5.74) is 1.82. The molecule has 3 rings (SSSR count). The summed E-state index contributed by atoms with van der Waals surface area (Å²) in [5, 5.41) is 8.98. The van der Waals surface area contributed by atoms with Crippen LogP contribution in [0.3, 0.4) is 0 Å². The summed E-state index contributed by atoms with van der Waals surface area (Å²) in [6, 6.07) is 13.2. The van der Waals surface area contributed by atoms with Gasteiger partial charge in [-0.05, 0) is 48.4 Å². The number of ether oxygens (including phenoxy) is 3. The van der Waals surface area contributed by atoms with Crippen LogP contribution in [-0.2, 0) is 11.3 Å². The van der Waals surface area contributed by atoms with Crippen molar-refractivity contribution >= 4 is 29.1 Å². The molecule has 1 fully saturated rings. The Morgan fingerprint density at radius 3 is 2.55 bits per heavy atom. The van der Waals surface area contributed by atoms with Gasteiger partial charge in [0, 0.05) is 0 Å². The highest BCUT2D eigenvalue weighted by atomic mass is 32.2. The molecule has 1 aliphatic heterocycles. The van der Waals surface area contributed by atoms with Crippen LogP contribution in [-0.4, -0.2) is 48.8 Å². The molecule has 0 unspecified atom stereocenters. The highest BCUT2D eigenvalue weighted by Gasteiger charge is 2.28. The molecular weight excluding hydrogens is 390 g/mol. The topological polar surface area (TPSA) is 72.7 Å². The minimum Gasteiger partial charge on any atom is -0.494 e. The maximum absolute atomic E-state index is 12.3. The van der Waals surface area contributed by atoms with Gasteiger partial charge in [-0.3, -0.25) is 9.69 Å². The van der Waals surface area contributed by atoms with E-state index in [2.05, 4.69) is 10.2 Å². The lowest BCUT2D eigenvalue weighted by Gasteiger charge is -2.15. The molecule has 0 atom stereocenters. The first-order valence-corrected chi connectivity index (χ1v) is 10.1. The van der Waals surface area contributed by atoms with E-state index in [0.717, 1.165) is 16.9 Å². The predicted octanol–water partition coefficient (Wildman–Crippen LogP) is 3.57. The van der Waals surface area contributed by atoms with E-state index in [1.165, 1.54) is 11.8 Å². The Balaban J connectivity index is 1.70. The Hall–Kier alpha value is -3.00. The number of benzene rings is 2. The SMILES string of the molecule is CCOc1ccc(CN2C(=O)CSC2=NN=Cc2ccc(OC)c(OC)c2)cc1. The van der Waals surface area contributed by atoms with Gasteiger partial charge in [0.2, 0.25) is 5.91 Å². The molecule has 0 saturated carbocycles. The van der Waals surface area contributed by atoms with Crippen molar-refractivity contribution in [3.05, 3.63) is 53.6 Å². The van der Waals surface area contributed by atoms with Gasteiger partial charge in [-0.2, -0.15) is 5.10 Å². The summed E-state index contributed by atoms with van der Waals surface area (Å²) in [6.07, 6.45) is 1.62. The van der Waals surface area contributed by atoms with Crippen molar-refractivity contribution in [1.29, 1.82) is 0 Å². The molecular formula is C21H23N3O4S. The number of nitrogens with zero attached hydrogens (tertiary/aromatic N) is 3. The van der Waals surface area contributed by atoms with Crippen LogP contribution in [0.4, 0.5) is 0 Å². The second-order valence-electron chi connectivity index (χ2n) is 6.09. The third-order valence-electron chi connectivity index (χ3n) is 4.19. The van der Waals surface area contributed by atoms with Gasteiger partial charge < -0.3 is 14.2 Å². The van der Waals surface area contributed by atoms with Gasteiger partial charge in [-0.15, -0.1) is 5.10 Å². The molecule has 0 N–H and O–H groups in total. The number of methoxy groups -OCH3 is 2. The van der Waals surface area contributed by atoms with E-state index in [1.54, 1.807) is 31.4 Å². The van der Waals surface area contributed by atoms with Crippen LogP contribution < -0.4 is 14.2 Å². The van der Waals surface area contributed by atoms with Crippen molar-refractivity contribution in [2.45, 2.75) is 13.5 Å². The first kappa shape index (κ1) is 20.7. The van der Waals surface area contributed by atoms with Crippen molar-refractivity contribution in [2.24, 2.45) is 10.2 Å². The van der Waals surface area contributed by atoms with Crippen LogP contribution in [0.15, 0.2) is 52.7 Å². The Morgan fingerprint density at radius 2 is 1.86 bits per heavy atom. The second-order valence-corrected chi connectivity index (χ2v) is 7.03. The van der Waals surface area contributed by atoms with Gasteiger partial charge in [-0.1, -0.05) is 23.9 Å². The van der Waals surface area contributed by atoms with Crippen molar-refractivity contribution in [3.8, 4) is 17.2 Å². The molecule has 1 heterocycles. The minimum atomic E-state index is 0.0175. The summed E-state index contributed by atoms with van der Waals surface area (Å²) < 4.78 is 16.0. The summed E-state index contributed by atoms with van der Waals surface area (Å²) in [4.78, 5) is 13.9. The van der Waals surface area contributed by atoms with Crippen molar-refractivity contribution in [1.82, 2.24) is 4.90 Å². The molecule has 152 valence electrons. The highest BCUT2D eigenvalue weighted by molar-refractivity contribution is 8.15. The van der Waals surface area contributed by atoms with Crippen LogP contribution in [0.2, 0.25) is 0 Å². The fraction of sp³-hybridized carbons (Fsp3) is 0.286. The standard InChI is InChI=1S/C21H23N3O4S/c1-4-28-17-8-5-15(6-9-17)13-24-20(25)14-29-21(24)23-22-12-16-7-10-18(26-2)19(11-16)27-3/h5-12H,4,13-14H2,1-3H3. The smallest absolute Gasteiger partial charge is 0.239 e. The Bertz CT molecular complexity index is 913. The largest absolute Gasteiger partial charge is 0.494 e. The number of carbonyl (C=O) groups is 1. The van der Waals surface area contributed by atoms with Crippen LogP contribution in [0.5, 0.6) is 17.2 Å². The molecule has 1 saturated heterocycles. The number of thioether (sulfide) groups is 1. The van der Waals surface area contributed by atoms with Crippen molar-refractivity contribution < 1.29 is 19.0 Å². The highest BCUT2D eigenvalue weighted by Crippen LogP contribution is 2.27. The predicted molar refractivity (Wildman–Crippen MR) is 115 cm³/mol. The normalized spacial score (nSPS) is 15.3. The Labute approximate surface area is 174 Å². The van der Waals surface area contributed by atoms with Gasteiger partial charge in [0.15, 0.2) is 16.7 Å². The maximum Gasteiger partial charge on any atom is 0.239 e. The maximum atomic E-state index is 12.3. The fourth-order valence-corrected chi connectivity index (χ4v) is 3.58. The molecule has 0 bridgehead atoms. The summed E-state index contributed by atoms with van der Waals surface area (Å²) in [7, 11) is 3.17. The molecule has 8 heteroatoms. The fourth-order valence-electron chi connectivity index (χ4n) is 2.75. The number of carbonyl (C=O) groups excluding carboxylic acids is 1. The first-order chi connectivity index (χ1) is 14.1. The molecule has 2 aromatic rings. The number of amides is 1. The monoisotopic (exact) mass is 413 g/mol. The quantitative estimate of drug-likeness (QED) is 0.489. The molecule has 0 aromatic heterocycles. The molecule has 0 aliphatic carbocycles. The van der Waals surface area contributed by atoms with E-state index < -0.39 is 0 Å². The molecule has 0 radical (unpaired) electrons. The third kappa shape index (κ3) is 5.29. The average Bonchev–Trinajstić information content (AvgIpc) is 3.09. The number of hydrogen-bond donors (Lipinski definition) is 0. The molecule has 1 aliphatic rings. The van der Waals surface area contributed by atoms with Crippen molar-refractivity contribution in [2.75, 3.05) is 26.6 Å². The lowest BCUT2D eigenvalue weighted by molar-refractivity contribution is -0.124. The number of amidine groups is 1. The van der Waals surface area contributed by atoms with Crippen LogP contribution in [0.25, 0.3) is 0 Å². The van der Waals surface area contributed by atoms with Gasteiger partial charge in [0.1, 0.15) is 5.75 Å². The molecule has 2 aromatic carbocycles. The second kappa shape index (κ2) is 9.97. The van der Waals surface area contributed by atoms with Gasteiger partial charge >= 0.3 is 0 Å². The lowest BCUT2D eigenvalue weighted by Crippen LogP contribution is -2.28. The van der Waals surface area contributed by atoms with Gasteiger partial charge in [-0.25, -0.2) is 0 Å².